The Bertz CT molecular complexity index is 1000. The minimum Gasteiger partial charge on any atom is -0.480 e. The average molecular weight is 401 g/mol. The molecule has 0 bridgehead atoms. The molecule has 0 amide bonds. The zero-order valence-corrected chi connectivity index (χ0v) is 16.0. The Labute approximate surface area is 166 Å². The van der Waals surface area contributed by atoms with E-state index in [9.17, 15) is 9.90 Å². The highest BCUT2D eigenvalue weighted by Crippen LogP contribution is 2.26. The number of nitrogens with two attached hydrogens (primary N) is 1. The van der Waals surface area contributed by atoms with Crippen LogP contribution in [0.3, 0.4) is 0 Å². The number of carbonyl (C=O) groups is 1. The molecule has 0 spiro atoms. The normalized spacial score (nSPS) is 11.1. The van der Waals surface area contributed by atoms with Crippen LogP contribution in [0.15, 0.2) is 24.3 Å². The van der Waals surface area contributed by atoms with Crippen molar-refractivity contribution in [2.24, 2.45) is 0 Å². The predicted octanol–water partition coefficient (Wildman–Crippen LogP) is 1.49. The summed E-state index contributed by atoms with van der Waals surface area (Å²) in [6, 6.07) is 6.70. The number of unbranched alkanes of at least 4 members (excludes halogenated alkanes) is 1. The number of Topliss-reactive ketones (excluding diaryl/α,β-unsaturated/α-hetero) is 1. The highest BCUT2D eigenvalue weighted by atomic mass is 16.6. The lowest BCUT2D eigenvalue weighted by molar-refractivity contribution is 0.00349. The molecule has 29 heavy (non-hydrogen) atoms. The number of imidazole rings is 1. The fourth-order valence-electron chi connectivity index (χ4n) is 2.75. The van der Waals surface area contributed by atoms with E-state index in [0.29, 0.717) is 17.8 Å². The zero-order chi connectivity index (χ0) is 20.8. The van der Waals surface area contributed by atoms with Gasteiger partial charge in [-0.15, -0.1) is 0 Å². The maximum Gasteiger partial charge on any atom is 0.320 e. The van der Waals surface area contributed by atoms with Gasteiger partial charge in [-0.25, -0.2) is 0 Å². The molecule has 0 aliphatic rings. The van der Waals surface area contributed by atoms with E-state index in [1.807, 2.05) is 6.92 Å². The molecule has 3 rings (SSSR count). The fraction of sp³-hybridized carbons (Fsp3) is 0.368. The largest absolute Gasteiger partial charge is 0.480 e. The van der Waals surface area contributed by atoms with E-state index >= 15 is 0 Å². The summed E-state index contributed by atoms with van der Waals surface area (Å²) in [4.78, 5) is 24.6. The minimum absolute atomic E-state index is 0.112. The molecule has 2 heterocycles. The van der Waals surface area contributed by atoms with Crippen molar-refractivity contribution in [1.29, 1.82) is 0 Å². The smallest absolute Gasteiger partial charge is 0.320 e. The first-order valence-electron chi connectivity index (χ1n) is 9.19. The molecule has 10 nitrogen and oxygen atoms in total. The first kappa shape index (κ1) is 20.5. The Morgan fingerprint density at radius 1 is 1.28 bits per heavy atom. The lowest BCUT2D eigenvalue weighted by atomic mass is 10.1. The van der Waals surface area contributed by atoms with Crippen LogP contribution in [0.4, 0.5) is 5.82 Å². The van der Waals surface area contributed by atoms with Crippen LogP contribution < -0.4 is 10.5 Å². The van der Waals surface area contributed by atoms with Gasteiger partial charge >= 0.3 is 6.01 Å². The molecule has 1 aromatic carbocycles. The second-order valence-electron chi connectivity index (χ2n) is 6.36. The molecule has 0 aliphatic heterocycles. The van der Waals surface area contributed by atoms with Crippen LogP contribution >= 0.6 is 0 Å². The number of carbonyl (C=O) groups excluding carboxylic acids is 1. The Kier molecular flexibility index (Phi) is 6.57. The predicted molar refractivity (Wildman–Crippen MR) is 105 cm³/mol. The minimum atomic E-state index is -0.524. The summed E-state index contributed by atoms with van der Waals surface area (Å²) in [6.07, 6.45) is 1.82. The molecule has 0 unspecified atom stereocenters. The number of benzene rings is 1. The Hall–Kier alpha value is -3.24. The first-order chi connectivity index (χ1) is 14.0. The maximum absolute atomic E-state index is 12.1. The average Bonchev–Trinajstić information content (AvgIpc) is 3.03. The Balaban J connectivity index is 1.89. The molecular formula is C19H23N5O5. The van der Waals surface area contributed by atoms with Crippen molar-refractivity contribution in [3.05, 3.63) is 35.4 Å². The lowest BCUT2D eigenvalue weighted by Gasteiger charge is -2.09. The first-order valence-corrected chi connectivity index (χ1v) is 9.19. The number of ketones is 1. The molecule has 2 aromatic heterocycles. The maximum atomic E-state index is 12.1. The monoisotopic (exact) mass is 401 g/mol. The van der Waals surface area contributed by atoms with Gasteiger partial charge in [-0.05, 0) is 18.1 Å². The van der Waals surface area contributed by atoms with Crippen LogP contribution in [-0.2, 0) is 11.3 Å². The number of fused-ring (bicyclic) bond motifs is 1. The number of aliphatic hydroxyl groups is 1. The van der Waals surface area contributed by atoms with E-state index in [2.05, 4.69) is 15.0 Å². The van der Waals surface area contributed by atoms with Crippen molar-refractivity contribution in [3.8, 4) is 12.0 Å². The van der Waals surface area contributed by atoms with Crippen molar-refractivity contribution in [1.82, 2.24) is 19.5 Å². The van der Waals surface area contributed by atoms with Gasteiger partial charge in [0.1, 0.15) is 13.4 Å². The number of anilines is 1. The van der Waals surface area contributed by atoms with Gasteiger partial charge in [0.25, 0.3) is 6.01 Å². The molecular weight excluding hydrogens is 378 g/mol. The van der Waals surface area contributed by atoms with Crippen LogP contribution in [0.1, 0.15) is 35.7 Å². The van der Waals surface area contributed by atoms with Crippen LogP contribution in [0, 0.1) is 0 Å². The molecule has 0 saturated carbocycles. The number of hydrogen-bond acceptors (Lipinski definition) is 9. The number of nitrogens with zero attached hydrogens (tertiary/aromatic N) is 4. The summed E-state index contributed by atoms with van der Waals surface area (Å²) < 4.78 is 11.7. The third-order valence-electron chi connectivity index (χ3n) is 4.22. The second kappa shape index (κ2) is 9.30. The van der Waals surface area contributed by atoms with Gasteiger partial charge < -0.3 is 25.4 Å². The molecule has 0 saturated heterocycles. The molecule has 154 valence electrons. The van der Waals surface area contributed by atoms with Gasteiger partial charge in [0, 0.05) is 5.56 Å². The van der Waals surface area contributed by atoms with E-state index in [0.717, 1.165) is 18.4 Å². The molecule has 10 heteroatoms. The van der Waals surface area contributed by atoms with Crippen LogP contribution in [0.25, 0.3) is 11.2 Å². The number of aliphatic hydroxyl groups excluding tert-OH is 1. The van der Waals surface area contributed by atoms with E-state index in [1.54, 1.807) is 24.3 Å². The van der Waals surface area contributed by atoms with Crippen LogP contribution in [-0.4, -0.2) is 55.5 Å². The zero-order valence-electron chi connectivity index (χ0n) is 16.0. The van der Waals surface area contributed by atoms with Gasteiger partial charge in [-0.1, -0.05) is 31.5 Å². The third kappa shape index (κ3) is 4.79. The van der Waals surface area contributed by atoms with E-state index in [1.165, 1.54) is 4.57 Å². The number of ether oxygens (including phenoxy) is 2. The number of aromatic hydroxyl groups is 1. The lowest BCUT2D eigenvalue weighted by Crippen LogP contribution is -2.10. The summed E-state index contributed by atoms with van der Waals surface area (Å²) in [5.74, 6) is -0.153. The van der Waals surface area contributed by atoms with E-state index in [-0.39, 0.29) is 42.3 Å². The van der Waals surface area contributed by atoms with Crippen molar-refractivity contribution in [3.63, 3.8) is 0 Å². The quantitative estimate of drug-likeness (QED) is 0.261. The number of rotatable bonds is 10. The molecule has 0 aliphatic carbocycles. The Morgan fingerprint density at radius 2 is 2.10 bits per heavy atom. The number of nitrogen functional groups attached to an aromatic ring is 1. The third-order valence-corrected chi connectivity index (χ3v) is 4.22. The summed E-state index contributed by atoms with van der Waals surface area (Å²) >= 11 is 0. The van der Waals surface area contributed by atoms with Gasteiger partial charge in [0.2, 0.25) is 0 Å². The SMILES string of the molecule is CCCCOc1nc(N)c2nc(O)n(Cc3cccc(C(=O)COCO)c3)c2n1. The van der Waals surface area contributed by atoms with Gasteiger partial charge in [-0.3, -0.25) is 9.36 Å². The molecule has 3 aromatic rings. The van der Waals surface area contributed by atoms with E-state index < -0.39 is 6.79 Å². The topological polar surface area (TPSA) is 146 Å². The molecule has 0 radical (unpaired) electrons. The summed E-state index contributed by atoms with van der Waals surface area (Å²) in [6.45, 7) is 1.96. The summed E-state index contributed by atoms with van der Waals surface area (Å²) in [7, 11) is 0. The number of aromatic nitrogens is 4. The van der Waals surface area contributed by atoms with Crippen LogP contribution in [0.5, 0.6) is 12.0 Å². The summed E-state index contributed by atoms with van der Waals surface area (Å²) in [5, 5.41) is 19.0. The summed E-state index contributed by atoms with van der Waals surface area (Å²) in [5.41, 5.74) is 7.72. The van der Waals surface area contributed by atoms with Crippen molar-refractivity contribution in [2.45, 2.75) is 26.3 Å². The van der Waals surface area contributed by atoms with Crippen molar-refractivity contribution >= 4 is 22.8 Å². The van der Waals surface area contributed by atoms with Gasteiger partial charge in [0.15, 0.2) is 22.8 Å². The Morgan fingerprint density at radius 3 is 2.86 bits per heavy atom. The highest BCUT2D eigenvalue weighted by Gasteiger charge is 2.17. The van der Waals surface area contributed by atoms with Crippen molar-refractivity contribution in [2.75, 3.05) is 25.7 Å². The van der Waals surface area contributed by atoms with Crippen LogP contribution in [0.2, 0.25) is 0 Å². The standard InChI is InChI=1S/C19H23N5O5/c1-2-3-7-29-18-22-16(20)15-17(23-18)24(19(27)21-15)9-12-5-4-6-13(8-12)14(26)10-28-11-25/h4-6,8,25H,2-3,7,9-11H2,1H3,(H,21,27)(H2,20,22,23). The highest BCUT2D eigenvalue weighted by molar-refractivity contribution is 5.97. The van der Waals surface area contributed by atoms with Gasteiger partial charge in [0.05, 0.1) is 13.2 Å². The molecule has 0 atom stereocenters. The fourth-order valence-corrected chi connectivity index (χ4v) is 2.75. The second-order valence-corrected chi connectivity index (χ2v) is 6.36. The van der Waals surface area contributed by atoms with E-state index in [4.69, 9.17) is 20.3 Å². The molecule has 0 fully saturated rings. The van der Waals surface area contributed by atoms with Gasteiger partial charge in [-0.2, -0.15) is 15.0 Å². The number of hydrogen-bond donors (Lipinski definition) is 3. The molecule has 4 N–H and O–H groups in total. The van der Waals surface area contributed by atoms with Crippen molar-refractivity contribution < 1.29 is 24.5 Å².